The number of carbonyl (C=O) groups excluding carboxylic acids is 1. The Hall–Kier alpha value is -1.07. The Morgan fingerprint density at radius 2 is 2.25 bits per heavy atom. The Morgan fingerprint density at radius 1 is 1.55 bits per heavy atom. The molecule has 1 aromatic carbocycles. The van der Waals surface area contributed by atoms with Crippen molar-refractivity contribution in [2.24, 2.45) is 5.41 Å². The minimum absolute atomic E-state index is 0.0160. The second kappa shape index (κ2) is 6.14. The number of thioether (sulfide) groups is 1. The van der Waals surface area contributed by atoms with E-state index in [0.29, 0.717) is 12.0 Å². The molecule has 1 aliphatic carbocycles. The molecule has 2 rings (SSSR count). The Labute approximate surface area is 122 Å². The van der Waals surface area contributed by atoms with Crippen LogP contribution in [0.5, 0.6) is 0 Å². The zero-order valence-electron chi connectivity index (χ0n) is 11.7. The summed E-state index contributed by atoms with van der Waals surface area (Å²) in [6.45, 7) is 1.63. The molecule has 0 spiro atoms. The van der Waals surface area contributed by atoms with Gasteiger partial charge in [-0.3, -0.25) is 4.79 Å². The monoisotopic (exact) mass is 298 g/mol. The van der Waals surface area contributed by atoms with Crippen LogP contribution in [0.4, 0.5) is 4.39 Å². The van der Waals surface area contributed by atoms with Gasteiger partial charge in [0, 0.05) is 10.6 Å². The lowest BCUT2D eigenvalue weighted by molar-refractivity contribution is -0.141. The Morgan fingerprint density at radius 3 is 2.80 bits per heavy atom. The quantitative estimate of drug-likeness (QED) is 0.646. The van der Waals surface area contributed by atoms with E-state index >= 15 is 0 Å². The van der Waals surface area contributed by atoms with E-state index in [9.17, 15) is 14.3 Å². The number of ether oxygens (including phenoxy) is 1. The molecule has 0 radical (unpaired) electrons. The van der Waals surface area contributed by atoms with Gasteiger partial charge in [0.15, 0.2) is 0 Å². The van der Waals surface area contributed by atoms with E-state index in [0.717, 1.165) is 23.5 Å². The average Bonchev–Trinajstić information content (AvgIpc) is 3.17. The third kappa shape index (κ3) is 3.73. The second-order valence-electron chi connectivity index (χ2n) is 5.40. The fraction of sp³-hybridized carbons (Fsp3) is 0.533. The van der Waals surface area contributed by atoms with Crippen LogP contribution in [0.25, 0.3) is 0 Å². The first-order valence-electron chi connectivity index (χ1n) is 6.63. The van der Waals surface area contributed by atoms with Crippen molar-refractivity contribution in [3.8, 4) is 0 Å². The van der Waals surface area contributed by atoms with E-state index in [1.165, 1.54) is 19.2 Å². The van der Waals surface area contributed by atoms with E-state index in [-0.39, 0.29) is 17.2 Å². The summed E-state index contributed by atoms with van der Waals surface area (Å²) in [5.41, 5.74) is 0.617. The molecule has 1 aromatic rings. The van der Waals surface area contributed by atoms with E-state index in [1.807, 2.05) is 0 Å². The zero-order chi connectivity index (χ0) is 14.8. The standard InChI is InChI=1S/C15H19FO3S/c1-10(17)12-7-11(16)3-4-13(12)20-9-15(5-6-15)8-14(18)19-2/h3-4,7,10,17H,5-6,8-9H2,1-2H3/t10-/m0/s1. The van der Waals surface area contributed by atoms with Crippen LogP contribution in [0.15, 0.2) is 23.1 Å². The number of aliphatic hydroxyl groups is 1. The number of esters is 1. The van der Waals surface area contributed by atoms with Crippen molar-refractivity contribution >= 4 is 17.7 Å². The van der Waals surface area contributed by atoms with Crippen LogP contribution >= 0.6 is 11.8 Å². The third-order valence-corrected chi connectivity index (χ3v) is 5.10. The van der Waals surface area contributed by atoms with E-state index in [1.54, 1.807) is 24.8 Å². The minimum Gasteiger partial charge on any atom is -0.469 e. The molecule has 0 bridgehead atoms. The van der Waals surface area contributed by atoms with Crippen LogP contribution in [0.3, 0.4) is 0 Å². The summed E-state index contributed by atoms with van der Waals surface area (Å²) in [5, 5.41) is 9.70. The van der Waals surface area contributed by atoms with Crippen molar-refractivity contribution in [1.82, 2.24) is 0 Å². The van der Waals surface area contributed by atoms with Crippen molar-refractivity contribution in [3.63, 3.8) is 0 Å². The Kier molecular flexibility index (Phi) is 4.70. The Bertz CT molecular complexity index is 498. The largest absolute Gasteiger partial charge is 0.469 e. The topological polar surface area (TPSA) is 46.5 Å². The van der Waals surface area contributed by atoms with Crippen LogP contribution < -0.4 is 0 Å². The molecular weight excluding hydrogens is 279 g/mol. The first kappa shape index (κ1) is 15.3. The van der Waals surface area contributed by atoms with Gasteiger partial charge in [0.05, 0.1) is 19.6 Å². The molecule has 20 heavy (non-hydrogen) atoms. The number of carbonyl (C=O) groups is 1. The molecule has 0 aromatic heterocycles. The van der Waals surface area contributed by atoms with Crippen LogP contribution in [0, 0.1) is 11.2 Å². The summed E-state index contributed by atoms with van der Waals surface area (Å²) in [6, 6.07) is 4.46. The number of hydrogen-bond donors (Lipinski definition) is 1. The molecule has 0 heterocycles. The molecule has 0 unspecified atom stereocenters. The van der Waals surface area contributed by atoms with Crippen LogP contribution in [0.1, 0.15) is 37.9 Å². The number of benzene rings is 1. The molecule has 0 saturated heterocycles. The highest BCUT2D eigenvalue weighted by Gasteiger charge is 2.44. The number of rotatable bonds is 6. The predicted molar refractivity (Wildman–Crippen MR) is 76.1 cm³/mol. The van der Waals surface area contributed by atoms with Crippen molar-refractivity contribution in [3.05, 3.63) is 29.6 Å². The number of hydrogen-bond acceptors (Lipinski definition) is 4. The van der Waals surface area contributed by atoms with Gasteiger partial charge in [-0.2, -0.15) is 0 Å². The van der Waals surface area contributed by atoms with Gasteiger partial charge < -0.3 is 9.84 Å². The van der Waals surface area contributed by atoms with Crippen molar-refractivity contribution < 1.29 is 19.0 Å². The van der Waals surface area contributed by atoms with Crippen molar-refractivity contribution in [2.75, 3.05) is 12.9 Å². The highest BCUT2D eigenvalue weighted by atomic mass is 32.2. The lowest BCUT2D eigenvalue weighted by atomic mass is 10.1. The maximum Gasteiger partial charge on any atom is 0.306 e. The SMILES string of the molecule is COC(=O)CC1(CSc2ccc(F)cc2[C@H](C)O)CC1. The first-order valence-corrected chi connectivity index (χ1v) is 7.61. The summed E-state index contributed by atoms with van der Waals surface area (Å²) in [4.78, 5) is 12.3. The molecule has 5 heteroatoms. The van der Waals surface area contributed by atoms with Gasteiger partial charge in [0.1, 0.15) is 5.82 Å². The molecular formula is C15H19FO3S. The summed E-state index contributed by atoms with van der Waals surface area (Å²) >= 11 is 1.57. The number of methoxy groups -OCH3 is 1. The molecule has 110 valence electrons. The van der Waals surface area contributed by atoms with Crippen LogP contribution in [-0.2, 0) is 9.53 Å². The molecule has 1 fully saturated rings. The van der Waals surface area contributed by atoms with E-state index < -0.39 is 6.10 Å². The highest BCUT2D eigenvalue weighted by Crippen LogP contribution is 2.52. The number of halogens is 1. The molecule has 0 amide bonds. The van der Waals surface area contributed by atoms with Gasteiger partial charge in [-0.05, 0) is 48.9 Å². The van der Waals surface area contributed by atoms with Gasteiger partial charge in [0.25, 0.3) is 0 Å². The lowest BCUT2D eigenvalue weighted by Crippen LogP contribution is -2.13. The molecule has 1 saturated carbocycles. The van der Waals surface area contributed by atoms with E-state index in [4.69, 9.17) is 4.74 Å². The number of aliphatic hydroxyl groups excluding tert-OH is 1. The summed E-state index contributed by atoms with van der Waals surface area (Å²) in [6.07, 6.45) is 1.76. The van der Waals surface area contributed by atoms with Gasteiger partial charge in [-0.25, -0.2) is 4.39 Å². The molecule has 0 aliphatic heterocycles. The van der Waals surface area contributed by atoms with Crippen LogP contribution in [0.2, 0.25) is 0 Å². The smallest absolute Gasteiger partial charge is 0.306 e. The fourth-order valence-electron chi connectivity index (χ4n) is 2.14. The summed E-state index contributed by atoms with van der Waals surface area (Å²) in [5.74, 6) is 0.256. The van der Waals surface area contributed by atoms with Crippen LogP contribution in [-0.4, -0.2) is 23.9 Å². The van der Waals surface area contributed by atoms with Gasteiger partial charge >= 0.3 is 5.97 Å². The lowest BCUT2D eigenvalue weighted by Gasteiger charge is -2.16. The molecule has 1 aliphatic rings. The fourth-order valence-corrected chi connectivity index (χ4v) is 3.55. The first-order chi connectivity index (χ1) is 9.46. The predicted octanol–water partition coefficient (Wildman–Crippen LogP) is 3.31. The Balaban J connectivity index is 2.02. The van der Waals surface area contributed by atoms with Gasteiger partial charge in [-0.1, -0.05) is 0 Å². The normalized spacial score (nSPS) is 17.6. The van der Waals surface area contributed by atoms with E-state index in [2.05, 4.69) is 0 Å². The summed E-state index contributed by atoms with van der Waals surface area (Å²) in [7, 11) is 1.40. The molecule has 1 atom stereocenters. The average molecular weight is 298 g/mol. The third-order valence-electron chi connectivity index (χ3n) is 3.66. The molecule has 1 N–H and O–H groups in total. The molecule has 3 nitrogen and oxygen atoms in total. The van der Waals surface area contributed by atoms with Crippen molar-refractivity contribution in [2.45, 2.75) is 37.2 Å². The van der Waals surface area contributed by atoms with Gasteiger partial charge in [-0.15, -0.1) is 11.8 Å². The second-order valence-corrected chi connectivity index (χ2v) is 6.42. The zero-order valence-corrected chi connectivity index (χ0v) is 12.5. The minimum atomic E-state index is -0.705. The van der Waals surface area contributed by atoms with Gasteiger partial charge in [0.2, 0.25) is 0 Å². The maximum atomic E-state index is 13.2. The maximum absolute atomic E-state index is 13.2. The van der Waals surface area contributed by atoms with Crippen molar-refractivity contribution in [1.29, 1.82) is 0 Å². The summed E-state index contributed by atoms with van der Waals surface area (Å²) < 4.78 is 17.9. The highest BCUT2D eigenvalue weighted by molar-refractivity contribution is 7.99.